The molecule has 5 heteroatoms. The van der Waals surface area contributed by atoms with Crippen molar-refractivity contribution in [1.29, 1.82) is 0 Å². The van der Waals surface area contributed by atoms with E-state index < -0.39 is 5.97 Å². The molecular weight excluding hydrogens is 268 g/mol. The molecule has 2 aromatic heterocycles. The Morgan fingerprint density at radius 1 is 1.24 bits per heavy atom. The first-order valence-corrected chi connectivity index (χ1v) is 6.64. The maximum Gasteiger partial charge on any atom is 0.374 e. The maximum atomic E-state index is 10.8. The van der Waals surface area contributed by atoms with Crippen molar-refractivity contribution in [3.8, 4) is 11.3 Å². The highest BCUT2D eigenvalue weighted by Crippen LogP contribution is 2.28. The molecule has 0 saturated carbocycles. The molecule has 0 aliphatic heterocycles. The van der Waals surface area contributed by atoms with Gasteiger partial charge in [-0.2, -0.15) is 0 Å². The average molecular weight is 282 g/mol. The Hall–Kier alpha value is -2.69. The quantitative estimate of drug-likeness (QED) is 0.792. The third kappa shape index (κ3) is 2.38. The molecule has 0 spiro atoms. The van der Waals surface area contributed by atoms with Gasteiger partial charge in [-0.3, -0.25) is 4.98 Å². The number of aromatic nitrogens is 2. The van der Waals surface area contributed by atoms with E-state index in [1.165, 1.54) is 11.6 Å². The van der Waals surface area contributed by atoms with Crippen molar-refractivity contribution in [1.82, 2.24) is 10.1 Å². The van der Waals surface area contributed by atoms with Gasteiger partial charge in [0, 0.05) is 29.4 Å². The van der Waals surface area contributed by atoms with E-state index in [-0.39, 0.29) is 5.76 Å². The van der Waals surface area contributed by atoms with Gasteiger partial charge in [-0.15, -0.1) is 0 Å². The van der Waals surface area contributed by atoms with Gasteiger partial charge in [0.1, 0.15) is 5.69 Å². The van der Waals surface area contributed by atoms with Crippen LogP contribution in [-0.2, 0) is 0 Å². The highest BCUT2D eigenvalue weighted by atomic mass is 16.5. The molecule has 3 aromatic rings. The van der Waals surface area contributed by atoms with E-state index in [1.54, 1.807) is 6.20 Å². The highest BCUT2D eigenvalue weighted by molar-refractivity contribution is 5.90. The highest BCUT2D eigenvalue weighted by Gasteiger charge is 2.13. The van der Waals surface area contributed by atoms with Crippen molar-refractivity contribution in [2.45, 2.75) is 19.8 Å². The van der Waals surface area contributed by atoms with Gasteiger partial charge in [-0.05, 0) is 22.9 Å². The molecule has 0 aliphatic carbocycles. The zero-order chi connectivity index (χ0) is 15.0. The predicted octanol–water partition coefficient (Wildman–Crippen LogP) is 3.71. The van der Waals surface area contributed by atoms with E-state index >= 15 is 0 Å². The molecular formula is C16H14N2O3. The lowest BCUT2D eigenvalue weighted by molar-refractivity contribution is 0.0652. The summed E-state index contributed by atoms with van der Waals surface area (Å²) in [6.07, 6.45) is 3.67. The number of nitrogens with zero attached hydrogens (tertiary/aromatic N) is 2. The summed E-state index contributed by atoms with van der Waals surface area (Å²) in [5.74, 6) is -0.907. The van der Waals surface area contributed by atoms with Crippen molar-refractivity contribution in [2.24, 2.45) is 0 Å². The third-order valence-electron chi connectivity index (χ3n) is 3.43. The molecule has 0 unspecified atom stereocenters. The third-order valence-corrected chi connectivity index (χ3v) is 3.43. The van der Waals surface area contributed by atoms with E-state index in [0.29, 0.717) is 11.6 Å². The van der Waals surface area contributed by atoms with Gasteiger partial charge in [0.2, 0.25) is 5.76 Å². The second kappa shape index (κ2) is 5.01. The summed E-state index contributed by atoms with van der Waals surface area (Å²) < 4.78 is 4.79. The van der Waals surface area contributed by atoms with Crippen LogP contribution >= 0.6 is 0 Å². The molecule has 2 heterocycles. The smallest absolute Gasteiger partial charge is 0.374 e. The predicted molar refractivity (Wildman–Crippen MR) is 78.3 cm³/mol. The Balaban J connectivity index is 2.10. The molecule has 1 aromatic carbocycles. The zero-order valence-electron chi connectivity index (χ0n) is 11.7. The van der Waals surface area contributed by atoms with E-state index in [1.807, 2.05) is 24.4 Å². The van der Waals surface area contributed by atoms with Crippen LogP contribution in [0.15, 0.2) is 41.2 Å². The van der Waals surface area contributed by atoms with Crippen LogP contribution in [-0.4, -0.2) is 21.2 Å². The number of carboxylic acid groups (broad SMARTS) is 1. The number of pyridine rings is 1. The topological polar surface area (TPSA) is 76.2 Å². The fourth-order valence-corrected chi connectivity index (χ4v) is 2.33. The molecule has 0 radical (unpaired) electrons. The summed E-state index contributed by atoms with van der Waals surface area (Å²) in [5.41, 5.74) is 2.50. The van der Waals surface area contributed by atoms with Crippen LogP contribution in [0.2, 0.25) is 0 Å². The first kappa shape index (κ1) is 13.3. The lowest BCUT2D eigenvalue weighted by Gasteiger charge is -2.09. The lowest BCUT2D eigenvalue weighted by Crippen LogP contribution is -1.92. The SMILES string of the molecule is CC(C)c1cncc2cc(-c3cc(C(=O)O)on3)ccc12. The van der Waals surface area contributed by atoms with Gasteiger partial charge in [0.15, 0.2) is 0 Å². The van der Waals surface area contributed by atoms with Crippen LogP contribution < -0.4 is 0 Å². The van der Waals surface area contributed by atoms with Gasteiger partial charge in [-0.1, -0.05) is 31.1 Å². The van der Waals surface area contributed by atoms with Crippen molar-refractivity contribution < 1.29 is 14.4 Å². The number of hydrogen-bond donors (Lipinski definition) is 1. The molecule has 0 bridgehead atoms. The number of hydrogen-bond acceptors (Lipinski definition) is 4. The Bertz CT molecular complexity index is 821. The molecule has 5 nitrogen and oxygen atoms in total. The van der Waals surface area contributed by atoms with Crippen LogP contribution in [0.5, 0.6) is 0 Å². The number of carboxylic acids is 1. The van der Waals surface area contributed by atoms with Crippen LogP contribution in [0.4, 0.5) is 0 Å². The fourth-order valence-electron chi connectivity index (χ4n) is 2.33. The molecule has 3 rings (SSSR count). The van der Waals surface area contributed by atoms with Crippen molar-refractivity contribution in [3.63, 3.8) is 0 Å². The molecule has 1 N–H and O–H groups in total. The van der Waals surface area contributed by atoms with Gasteiger partial charge in [-0.25, -0.2) is 4.79 Å². The summed E-state index contributed by atoms with van der Waals surface area (Å²) >= 11 is 0. The van der Waals surface area contributed by atoms with Crippen molar-refractivity contribution in [2.75, 3.05) is 0 Å². The van der Waals surface area contributed by atoms with Crippen molar-refractivity contribution >= 4 is 16.7 Å². The fraction of sp³-hybridized carbons (Fsp3) is 0.188. The summed E-state index contributed by atoms with van der Waals surface area (Å²) in [4.78, 5) is 15.1. The van der Waals surface area contributed by atoms with Crippen LogP contribution in [0, 0.1) is 0 Å². The monoisotopic (exact) mass is 282 g/mol. The average Bonchev–Trinajstić information content (AvgIpc) is 2.96. The number of rotatable bonds is 3. The van der Waals surface area contributed by atoms with Gasteiger partial charge in [0.05, 0.1) is 0 Å². The van der Waals surface area contributed by atoms with Crippen LogP contribution in [0.1, 0.15) is 35.9 Å². The van der Waals surface area contributed by atoms with E-state index in [0.717, 1.165) is 16.3 Å². The Kier molecular flexibility index (Phi) is 3.17. The largest absolute Gasteiger partial charge is 0.475 e. The summed E-state index contributed by atoms with van der Waals surface area (Å²) in [7, 11) is 0. The molecule has 0 aliphatic rings. The molecule has 106 valence electrons. The minimum atomic E-state index is -1.13. The zero-order valence-corrected chi connectivity index (χ0v) is 11.7. The molecule has 21 heavy (non-hydrogen) atoms. The second-order valence-electron chi connectivity index (χ2n) is 5.20. The second-order valence-corrected chi connectivity index (χ2v) is 5.20. The molecule has 0 atom stereocenters. The lowest BCUT2D eigenvalue weighted by atomic mass is 9.97. The number of fused-ring (bicyclic) bond motifs is 1. The van der Waals surface area contributed by atoms with E-state index in [2.05, 4.69) is 24.0 Å². The summed E-state index contributed by atoms with van der Waals surface area (Å²) in [6.45, 7) is 4.25. The first-order valence-electron chi connectivity index (χ1n) is 6.64. The number of carbonyl (C=O) groups is 1. The first-order chi connectivity index (χ1) is 10.1. The summed E-state index contributed by atoms with van der Waals surface area (Å²) in [5, 5.41) is 14.8. The Labute approximate surface area is 121 Å². The van der Waals surface area contributed by atoms with Gasteiger partial charge >= 0.3 is 5.97 Å². The van der Waals surface area contributed by atoms with Gasteiger partial charge < -0.3 is 9.63 Å². The number of benzene rings is 1. The van der Waals surface area contributed by atoms with Crippen molar-refractivity contribution in [3.05, 3.63) is 48.0 Å². The van der Waals surface area contributed by atoms with Crippen LogP contribution in [0.3, 0.4) is 0 Å². The minimum Gasteiger partial charge on any atom is -0.475 e. The Morgan fingerprint density at radius 3 is 2.71 bits per heavy atom. The molecule has 0 saturated heterocycles. The van der Waals surface area contributed by atoms with Crippen LogP contribution in [0.25, 0.3) is 22.0 Å². The number of aromatic carboxylic acids is 1. The summed E-state index contributed by atoms with van der Waals surface area (Å²) in [6, 6.07) is 7.29. The minimum absolute atomic E-state index is 0.167. The Morgan fingerprint density at radius 2 is 2.05 bits per heavy atom. The van der Waals surface area contributed by atoms with Gasteiger partial charge in [0.25, 0.3) is 0 Å². The van der Waals surface area contributed by atoms with E-state index in [9.17, 15) is 4.79 Å². The maximum absolute atomic E-state index is 10.8. The normalized spacial score (nSPS) is 11.2. The standard InChI is InChI=1S/C16H14N2O3/c1-9(2)13-8-17-7-11-5-10(3-4-12(11)13)14-6-15(16(19)20)21-18-14/h3-9H,1-2H3,(H,19,20). The van der Waals surface area contributed by atoms with E-state index in [4.69, 9.17) is 9.63 Å². The molecule has 0 fully saturated rings. The molecule has 0 amide bonds.